The number of amides is 1. The minimum absolute atomic E-state index is 0.0169. The molecule has 0 bridgehead atoms. The van der Waals surface area contributed by atoms with Crippen LogP contribution in [0.1, 0.15) is 6.23 Å². The Morgan fingerprint density at radius 1 is 1.19 bits per heavy atom. The number of hydrogen-bond donors (Lipinski definition) is 8. The van der Waals surface area contributed by atoms with Crippen LogP contribution in [0.3, 0.4) is 0 Å². The van der Waals surface area contributed by atoms with Crippen molar-refractivity contribution in [3.05, 3.63) is 23.0 Å². The van der Waals surface area contributed by atoms with Gasteiger partial charge in [0.25, 0.3) is 5.56 Å². The lowest BCUT2D eigenvalue weighted by Gasteiger charge is -2.22. The van der Waals surface area contributed by atoms with Crippen molar-refractivity contribution in [2.24, 2.45) is 5.73 Å². The first-order chi connectivity index (χ1) is 17.1. The Kier molecular flexibility index (Phi) is 9.03. The van der Waals surface area contributed by atoms with Crippen LogP contribution in [0.25, 0.3) is 11.2 Å². The van der Waals surface area contributed by atoms with E-state index in [1.54, 1.807) is 0 Å². The maximum Gasteiger partial charge on any atom is 0.490 e. The van der Waals surface area contributed by atoms with Crippen molar-refractivity contribution in [3.8, 4) is 0 Å². The minimum atomic E-state index is -5.80. The summed E-state index contributed by atoms with van der Waals surface area (Å²) >= 11 is 0. The lowest BCUT2D eigenvalue weighted by Crippen LogP contribution is -2.42. The first-order valence-electron chi connectivity index (χ1n) is 9.79. The van der Waals surface area contributed by atoms with Gasteiger partial charge in [0.05, 0.1) is 19.3 Å². The maximum atomic E-state index is 12.1. The van der Waals surface area contributed by atoms with Crippen LogP contribution in [0.4, 0.5) is 4.79 Å². The van der Waals surface area contributed by atoms with Crippen LogP contribution in [-0.2, 0) is 36.3 Å². The molecule has 1 amide bonds. The molecule has 1 saturated heterocycles. The smallest absolute Gasteiger partial charge is 0.440 e. The molecule has 208 valence electrons. The topological polar surface area (TPSA) is 317 Å². The molecule has 6 atom stereocenters. The van der Waals surface area contributed by atoms with Gasteiger partial charge in [-0.05, 0) is 0 Å². The van der Waals surface area contributed by atoms with Gasteiger partial charge in [-0.2, -0.15) is 8.62 Å². The van der Waals surface area contributed by atoms with Crippen molar-refractivity contribution < 1.29 is 65.8 Å². The number of nitrogens with one attached hydrogen (secondary N) is 2. The standard InChI is InChI=1S/C13H21N6O15P3/c14-1-2-15-13(22)32-9-6(3-30-36(26,27)34-37(28,29)33-35(23,24)25)31-12(8(9)20)19-5-18-7-10(19)16-4-17-11(7)21/h4-6,8-9,12,20H,1-3,14H2,(H,15,22)(H,26,27)(H,28,29)(H,16,17,21)(H2,23,24,25)/t6-,8-,9-,12-/m1/s1. The van der Waals surface area contributed by atoms with Crippen LogP contribution >= 0.6 is 23.5 Å². The number of rotatable bonds is 11. The number of carbonyl (C=O) groups is 1. The number of aromatic nitrogens is 4. The van der Waals surface area contributed by atoms with E-state index in [2.05, 4.69) is 33.4 Å². The molecule has 2 unspecified atom stereocenters. The molecule has 0 aliphatic carbocycles. The van der Waals surface area contributed by atoms with E-state index in [1.807, 2.05) is 0 Å². The van der Waals surface area contributed by atoms with Crippen LogP contribution in [0.15, 0.2) is 17.4 Å². The number of ether oxygens (including phenoxy) is 2. The summed E-state index contributed by atoms with van der Waals surface area (Å²) < 4.78 is 57.9. The van der Waals surface area contributed by atoms with Gasteiger partial charge in [0.2, 0.25) is 0 Å². The van der Waals surface area contributed by atoms with Gasteiger partial charge in [0.15, 0.2) is 23.5 Å². The van der Waals surface area contributed by atoms with Crippen molar-refractivity contribution >= 4 is 40.7 Å². The lowest BCUT2D eigenvalue weighted by molar-refractivity contribution is -0.0508. The summed E-state index contributed by atoms with van der Waals surface area (Å²) in [6.45, 7) is -1.03. The van der Waals surface area contributed by atoms with E-state index in [0.29, 0.717) is 0 Å². The average molecular weight is 594 g/mol. The highest BCUT2D eigenvalue weighted by molar-refractivity contribution is 7.66. The normalized spacial score (nSPS) is 25.5. The highest BCUT2D eigenvalue weighted by atomic mass is 31.3. The Morgan fingerprint density at radius 3 is 2.54 bits per heavy atom. The number of alkyl carbamates (subject to hydrolysis) is 1. The van der Waals surface area contributed by atoms with E-state index in [-0.39, 0.29) is 24.3 Å². The number of aliphatic hydroxyl groups excluding tert-OH is 1. The van der Waals surface area contributed by atoms with E-state index >= 15 is 0 Å². The number of nitrogens with zero attached hydrogens (tertiary/aromatic N) is 3. The summed E-state index contributed by atoms with van der Waals surface area (Å²) in [4.78, 5) is 70.2. The molecule has 1 aliphatic rings. The molecule has 24 heteroatoms. The van der Waals surface area contributed by atoms with E-state index in [1.165, 1.54) is 0 Å². The molecular formula is C13H21N6O15P3. The Labute approximate surface area is 205 Å². The number of nitrogens with two attached hydrogens (primary N) is 1. The predicted octanol–water partition coefficient (Wildman–Crippen LogP) is -2.23. The summed E-state index contributed by atoms with van der Waals surface area (Å²) in [5, 5.41) is 13.1. The second-order valence-corrected chi connectivity index (χ2v) is 11.5. The molecule has 3 heterocycles. The second-order valence-electron chi connectivity index (χ2n) is 7.08. The highest BCUT2D eigenvalue weighted by Crippen LogP contribution is 2.66. The minimum Gasteiger partial charge on any atom is -0.440 e. The molecule has 3 rings (SSSR count). The molecule has 0 saturated carbocycles. The highest BCUT2D eigenvalue weighted by Gasteiger charge is 2.49. The summed E-state index contributed by atoms with van der Waals surface area (Å²) in [6.07, 6.45) is -5.28. The van der Waals surface area contributed by atoms with Gasteiger partial charge >= 0.3 is 29.6 Å². The first-order valence-corrected chi connectivity index (χ1v) is 14.3. The summed E-state index contributed by atoms with van der Waals surface area (Å²) in [5.74, 6) is 0. The van der Waals surface area contributed by atoms with Crippen LogP contribution in [0.2, 0.25) is 0 Å². The van der Waals surface area contributed by atoms with Gasteiger partial charge < -0.3 is 50.2 Å². The zero-order valence-corrected chi connectivity index (χ0v) is 20.8. The Balaban J connectivity index is 1.81. The Hall–Kier alpha value is -2.09. The van der Waals surface area contributed by atoms with Gasteiger partial charge in [-0.15, -0.1) is 0 Å². The third-order valence-corrected chi connectivity index (χ3v) is 8.23. The van der Waals surface area contributed by atoms with Gasteiger partial charge in [0, 0.05) is 13.1 Å². The molecule has 2 aromatic rings. The van der Waals surface area contributed by atoms with Gasteiger partial charge in [-0.25, -0.2) is 28.5 Å². The fraction of sp³-hybridized carbons (Fsp3) is 0.538. The number of phosphoric ester groups is 1. The number of aliphatic hydroxyl groups is 1. The van der Waals surface area contributed by atoms with Crippen molar-refractivity contribution in [1.29, 1.82) is 0 Å². The number of carbonyl (C=O) groups excluding carboxylic acids is 1. The van der Waals surface area contributed by atoms with Crippen molar-refractivity contribution in [2.45, 2.75) is 24.5 Å². The maximum absolute atomic E-state index is 12.1. The van der Waals surface area contributed by atoms with Crippen molar-refractivity contribution in [1.82, 2.24) is 24.8 Å². The third-order valence-electron chi connectivity index (χ3n) is 4.42. The van der Waals surface area contributed by atoms with Gasteiger partial charge in [-0.3, -0.25) is 13.9 Å². The van der Waals surface area contributed by atoms with Crippen LogP contribution in [0, 0.1) is 0 Å². The number of hydrogen-bond acceptors (Lipinski definition) is 14. The number of fused-ring (bicyclic) bond motifs is 1. The zero-order chi connectivity index (χ0) is 27.6. The first kappa shape index (κ1) is 29.5. The second kappa shape index (κ2) is 11.3. The van der Waals surface area contributed by atoms with E-state index < -0.39 is 66.3 Å². The fourth-order valence-electron chi connectivity index (χ4n) is 3.09. The predicted molar refractivity (Wildman–Crippen MR) is 115 cm³/mol. The molecule has 1 fully saturated rings. The molecule has 1 aliphatic heterocycles. The Morgan fingerprint density at radius 2 is 1.89 bits per heavy atom. The molecule has 2 aromatic heterocycles. The summed E-state index contributed by atoms with van der Waals surface area (Å²) in [6, 6.07) is 0. The lowest BCUT2D eigenvalue weighted by atomic mass is 10.1. The molecule has 37 heavy (non-hydrogen) atoms. The van der Waals surface area contributed by atoms with E-state index in [0.717, 1.165) is 17.2 Å². The van der Waals surface area contributed by atoms with E-state index in [9.17, 15) is 38.2 Å². The number of phosphoric acid groups is 3. The number of aromatic amines is 1. The van der Waals surface area contributed by atoms with Crippen LogP contribution in [-0.4, -0.2) is 88.3 Å². The molecule has 0 radical (unpaired) electrons. The molecule has 0 aromatic carbocycles. The van der Waals surface area contributed by atoms with E-state index in [4.69, 9.17) is 25.0 Å². The van der Waals surface area contributed by atoms with Crippen LogP contribution in [0.5, 0.6) is 0 Å². The zero-order valence-electron chi connectivity index (χ0n) is 18.2. The van der Waals surface area contributed by atoms with Gasteiger partial charge in [0.1, 0.15) is 12.2 Å². The largest absolute Gasteiger partial charge is 0.490 e. The number of H-pyrrole nitrogens is 1. The average Bonchev–Trinajstić information content (AvgIpc) is 3.31. The summed E-state index contributed by atoms with van der Waals surface area (Å²) in [7, 11) is -17.0. The molecule has 21 nitrogen and oxygen atoms in total. The van der Waals surface area contributed by atoms with Crippen LogP contribution < -0.4 is 16.6 Å². The number of imidazole rings is 1. The van der Waals surface area contributed by atoms with Crippen molar-refractivity contribution in [3.63, 3.8) is 0 Å². The summed E-state index contributed by atoms with van der Waals surface area (Å²) in [5.41, 5.74) is 4.49. The fourth-order valence-corrected chi connectivity index (χ4v) is 6.12. The third kappa shape index (κ3) is 7.71. The quantitative estimate of drug-likeness (QED) is 0.128. The Bertz CT molecular complexity index is 1330. The van der Waals surface area contributed by atoms with Gasteiger partial charge in [-0.1, -0.05) is 0 Å². The molecule has 9 N–H and O–H groups in total. The van der Waals surface area contributed by atoms with Crippen molar-refractivity contribution in [2.75, 3.05) is 19.7 Å². The molecule has 0 spiro atoms. The molecular weight excluding hydrogens is 573 g/mol. The SMILES string of the molecule is NCCNC(=O)O[C@H]1[C@@H](O)[C@H](n2cnc3c(=O)[nH]cnc32)O[C@@H]1COP(=O)(O)OP(=O)(O)OP(=O)(O)O. The monoisotopic (exact) mass is 594 g/mol.